The predicted octanol–water partition coefficient (Wildman–Crippen LogP) is 3.72. The summed E-state index contributed by atoms with van der Waals surface area (Å²) in [4.78, 5) is 30.3. The maximum atomic E-state index is 11.9. The molecule has 0 saturated carbocycles. The van der Waals surface area contributed by atoms with Crippen LogP contribution in [0.5, 0.6) is 0 Å². The zero-order chi connectivity index (χ0) is 24.4. The summed E-state index contributed by atoms with van der Waals surface area (Å²) in [5.41, 5.74) is 4.41. The second-order valence-electron chi connectivity index (χ2n) is 8.13. The van der Waals surface area contributed by atoms with Gasteiger partial charge in [-0.15, -0.1) is 0 Å². The number of nitrogens with zero attached hydrogens (tertiary/aromatic N) is 3. The van der Waals surface area contributed by atoms with Crippen molar-refractivity contribution in [3.63, 3.8) is 0 Å². The Hall–Kier alpha value is -3.72. The van der Waals surface area contributed by atoms with Crippen molar-refractivity contribution in [3.8, 4) is 5.69 Å². The van der Waals surface area contributed by atoms with Gasteiger partial charge in [-0.1, -0.05) is 18.2 Å². The molecule has 0 aliphatic carbocycles. The second kappa shape index (κ2) is 9.64. The molecule has 0 unspecified atom stereocenters. The van der Waals surface area contributed by atoms with Crippen LogP contribution < -0.4 is 5.32 Å². The number of ether oxygens (including phenoxy) is 1. The summed E-state index contributed by atoms with van der Waals surface area (Å²) in [6, 6.07) is 14.2. The van der Waals surface area contributed by atoms with Crippen molar-refractivity contribution in [3.05, 3.63) is 82.9 Å². The number of rotatable bonds is 7. The molecule has 2 atom stereocenters. The van der Waals surface area contributed by atoms with Gasteiger partial charge in [0.2, 0.25) is 0 Å². The predicted molar refractivity (Wildman–Crippen MR) is 131 cm³/mol. The molecule has 3 aromatic rings. The standard InChI is InChI=1S/C25H26N4O4S/c1-15-14-18(16(2)29(15)20-10-5-4-8-17(20)24(31)32)23-22(19-9-6-7-12-26-19)27-25(34)28(23)13-11-21(30)33-3/h4-10,12,14,22-23H,11,13H2,1-3H3,(H,27,34)(H,31,32)/t22-,23-/m1/s1. The first-order valence-electron chi connectivity index (χ1n) is 10.9. The monoisotopic (exact) mass is 478 g/mol. The number of aryl methyl sites for hydroxylation is 1. The van der Waals surface area contributed by atoms with Crippen molar-refractivity contribution in [2.24, 2.45) is 0 Å². The number of carbonyl (C=O) groups excluding carboxylic acids is 1. The third kappa shape index (κ3) is 4.26. The fourth-order valence-electron chi connectivity index (χ4n) is 4.61. The number of carboxylic acids is 1. The van der Waals surface area contributed by atoms with E-state index in [1.54, 1.807) is 24.4 Å². The summed E-state index contributed by atoms with van der Waals surface area (Å²) in [6.07, 6.45) is 1.92. The molecule has 8 nitrogen and oxygen atoms in total. The van der Waals surface area contributed by atoms with E-state index in [0.29, 0.717) is 17.3 Å². The molecule has 1 fully saturated rings. The van der Waals surface area contributed by atoms with Gasteiger partial charge in [0.25, 0.3) is 0 Å². The molecule has 9 heteroatoms. The van der Waals surface area contributed by atoms with E-state index in [0.717, 1.165) is 22.6 Å². The number of carbonyl (C=O) groups is 2. The highest BCUT2D eigenvalue weighted by atomic mass is 32.1. The molecule has 4 rings (SSSR count). The number of aromatic nitrogens is 2. The Balaban J connectivity index is 1.83. The first-order chi connectivity index (χ1) is 16.3. The number of benzene rings is 1. The van der Waals surface area contributed by atoms with Gasteiger partial charge in [-0.3, -0.25) is 9.78 Å². The van der Waals surface area contributed by atoms with Crippen LogP contribution in [0.4, 0.5) is 0 Å². The zero-order valence-electron chi connectivity index (χ0n) is 19.2. The van der Waals surface area contributed by atoms with Crippen LogP contribution in [0, 0.1) is 13.8 Å². The minimum Gasteiger partial charge on any atom is -0.478 e. The van der Waals surface area contributed by atoms with Crippen LogP contribution in [-0.2, 0) is 9.53 Å². The van der Waals surface area contributed by atoms with Crippen molar-refractivity contribution in [2.75, 3.05) is 13.7 Å². The molecule has 0 spiro atoms. The third-order valence-corrected chi connectivity index (χ3v) is 6.50. The summed E-state index contributed by atoms with van der Waals surface area (Å²) >= 11 is 5.66. The van der Waals surface area contributed by atoms with Crippen LogP contribution >= 0.6 is 12.2 Å². The summed E-state index contributed by atoms with van der Waals surface area (Å²) in [5, 5.41) is 13.6. The SMILES string of the molecule is COC(=O)CCN1C(=S)N[C@H](c2ccccn2)[C@H]1c1cc(C)n(-c2ccccc2C(=O)O)c1C. The first-order valence-corrected chi connectivity index (χ1v) is 11.3. The smallest absolute Gasteiger partial charge is 0.337 e. The van der Waals surface area contributed by atoms with Crippen molar-refractivity contribution >= 4 is 29.3 Å². The maximum Gasteiger partial charge on any atom is 0.337 e. The lowest BCUT2D eigenvalue weighted by atomic mass is 9.96. The van der Waals surface area contributed by atoms with E-state index in [1.165, 1.54) is 7.11 Å². The molecule has 1 aliphatic rings. The Morgan fingerprint density at radius 2 is 1.91 bits per heavy atom. The van der Waals surface area contributed by atoms with Gasteiger partial charge in [0.05, 0.1) is 42.6 Å². The fourth-order valence-corrected chi connectivity index (χ4v) is 4.94. The van der Waals surface area contributed by atoms with Gasteiger partial charge in [-0.05, 0) is 62.0 Å². The molecule has 0 radical (unpaired) electrons. The Bertz CT molecular complexity index is 1240. The average Bonchev–Trinajstić information content (AvgIpc) is 3.32. The Kier molecular flexibility index (Phi) is 6.65. The maximum absolute atomic E-state index is 11.9. The molecular weight excluding hydrogens is 452 g/mol. The molecule has 176 valence electrons. The molecule has 3 heterocycles. The topological polar surface area (TPSA) is 96.7 Å². The highest BCUT2D eigenvalue weighted by molar-refractivity contribution is 7.80. The van der Waals surface area contributed by atoms with Crippen LogP contribution in [0.2, 0.25) is 0 Å². The van der Waals surface area contributed by atoms with Crippen LogP contribution in [0.15, 0.2) is 54.7 Å². The highest BCUT2D eigenvalue weighted by Gasteiger charge is 2.41. The van der Waals surface area contributed by atoms with E-state index < -0.39 is 5.97 Å². The third-order valence-electron chi connectivity index (χ3n) is 6.15. The van der Waals surface area contributed by atoms with E-state index in [4.69, 9.17) is 17.0 Å². The van der Waals surface area contributed by atoms with E-state index in [2.05, 4.69) is 16.4 Å². The van der Waals surface area contributed by atoms with Gasteiger partial charge in [0, 0.05) is 24.1 Å². The number of pyridine rings is 1. The van der Waals surface area contributed by atoms with Gasteiger partial charge >= 0.3 is 11.9 Å². The minimum absolute atomic E-state index is 0.185. The Labute approximate surface area is 203 Å². The molecule has 0 bridgehead atoms. The number of hydrogen-bond donors (Lipinski definition) is 2. The van der Waals surface area contributed by atoms with Crippen molar-refractivity contribution in [1.29, 1.82) is 0 Å². The summed E-state index contributed by atoms with van der Waals surface area (Å²) in [5.74, 6) is -1.30. The van der Waals surface area contributed by atoms with Gasteiger partial charge < -0.3 is 24.6 Å². The largest absolute Gasteiger partial charge is 0.478 e. The van der Waals surface area contributed by atoms with Gasteiger partial charge in [-0.25, -0.2) is 4.79 Å². The molecule has 1 saturated heterocycles. The number of nitrogens with one attached hydrogen (secondary N) is 1. The number of thiocarbonyl (C=S) groups is 1. The fraction of sp³-hybridized carbons (Fsp3) is 0.280. The van der Waals surface area contributed by atoms with Gasteiger partial charge in [0.1, 0.15) is 0 Å². The van der Waals surface area contributed by atoms with Crippen LogP contribution in [-0.4, -0.2) is 50.3 Å². The van der Waals surface area contributed by atoms with Gasteiger partial charge in [0.15, 0.2) is 5.11 Å². The Morgan fingerprint density at radius 3 is 2.59 bits per heavy atom. The quantitative estimate of drug-likeness (QED) is 0.392. The second-order valence-corrected chi connectivity index (χ2v) is 8.52. The van der Waals surface area contributed by atoms with E-state index in [1.807, 2.05) is 47.6 Å². The minimum atomic E-state index is -0.987. The number of carboxylic acid groups (broad SMARTS) is 1. The number of aromatic carboxylic acids is 1. The number of esters is 1. The first kappa shape index (κ1) is 23.4. The zero-order valence-corrected chi connectivity index (χ0v) is 20.0. The summed E-state index contributed by atoms with van der Waals surface area (Å²) in [7, 11) is 1.37. The van der Waals surface area contributed by atoms with E-state index >= 15 is 0 Å². The average molecular weight is 479 g/mol. The van der Waals surface area contributed by atoms with Crippen molar-refractivity contribution < 1.29 is 19.4 Å². The lowest BCUT2D eigenvalue weighted by molar-refractivity contribution is -0.140. The molecule has 0 amide bonds. The number of hydrogen-bond acceptors (Lipinski definition) is 5. The van der Waals surface area contributed by atoms with E-state index in [9.17, 15) is 14.7 Å². The molecule has 1 aliphatic heterocycles. The molecule has 2 aromatic heterocycles. The van der Waals surface area contributed by atoms with Crippen LogP contribution in [0.25, 0.3) is 5.69 Å². The lowest BCUT2D eigenvalue weighted by Crippen LogP contribution is -2.32. The molecule has 1 aromatic carbocycles. The summed E-state index contributed by atoms with van der Waals surface area (Å²) in [6.45, 7) is 4.29. The summed E-state index contributed by atoms with van der Waals surface area (Å²) < 4.78 is 6.79. The lowest BCUT2D eigenvalue weighted by Gasteiger charge is -2.28. The normalized spacial score (nSPS) is 17.5. The van der Waals surface area contributed by atoms with Crippen molar-refractivity contribution in [1.82, 2.24) is 19.8 Å². The van der Waals surface area contributed by atoms with Crippen LogP contribution in [0.1, 0.15) is 51.5 Å². The number of para-hydroxylation sites is 1. The number of methoxy groups -OCH3 is 1. The van der Waals surface area contributed by atoms with E-state index in [-0.39, 0.29) is 30.0 Å². The van der Waals surface area contributed by atoms with Crippen molar-refractivity contribution in [2.45, 2.75) is 32.4 Å². The molecule has 34 heavy (non-hydrogen) atoms. The Morgan fingerprint density at radius 1 is 1.18 bits per heavy atom. The molecular formula is C25H26N4O4S. The van der Waals surface area contributed by atoms with Crippen LogP contribution in [0.3, 0.4) is 0 Å². The van der Waals surface area contributed by atoms with Gasteiger partial charge in [-0.2, -0.15) is 0 Å². The molecule has 2 N–H and O–H groups in total. The highest BCUT2D eigenvalue weighted by Crippen LogP contribution is 2.41.